The summed E-state index contributed by atoms with van der Waals surface area (Å²) in [6.07, 6.45) is 0. The third-order valence-electron chi connectivity index (χ3n) is 1.53. The first-order chi connectivity index (χ1) is 4.79. The standard InChI is InChI=1S/C6H12I2O2/c7-1-5(3-9)6(2-8)4-10/h5-6,9-10H,1-4H2. The van der Waals surface area contributed by atoms with E-state index in [9.17, 15) is 0 Å². The number of hydrogen-bond donors (Lipinski definition) is 2. The van der Waals surface area contributed by atoms with Crippen molar-refractivity contribution in [1.29, 1.82) is 0 Å². The maximum absolute atomic E-state index is 8.84. The highest BCUT2D eigenvalue weighted by atomic mass is 127. The van der Waals surface area contributed by atoms with Crippen molar-refractivity contribution in [3.8, 4) is 0 Å². The van der Waals surface area contributed by atoms with Gasteiger partial charge in [-0.1, -0.05) is 45.2 Å². The highest BCUT2D eigenvalue weighted by Crippen LogP contribution is 2.16. The van der Waals surface area contributed by atoms with Gasteiger partial charge in [-0.25, -0.2) is 0 Å². The summed E-state index contributed by atoms with van der Waals surface area (Å²) in [4.78, 5) is 0. The van der Waals surface area contributed by atoms with E-state index in [4.69, 9.17) is 10.2 Å². The van der Waals surface area contributed by atoms with Crippen molar-refractivity contribution in [3.05, 3.63) is 0 Å². The Bertz CT molecular complexity index is 62.1. The van der Waals surface area contributed by atoms with Crippen LogP contribution >= 0.6 is 45.2 Å². The molecule has 0 fully saturated rings. The molecule has 2 atom stereocenters. The molecule has 0 radical (unpaired) electrons. The molecule has 2 N–H and O–H groups in total. The molecule has 0 heterocycles. The third-order valence-corrected chi connectivity index (χ3v) is 3.79. The molecule has 4 heteroatoms. The van der Waals surface area contributed by atoms with Gasteiger partial charge in [0.15, 0.2) is 0 Å². The summed E-state index contributed by atoms with van der Waals surface area (Å²) in [5.41, 5.74) is 0. The first-order valence-corrected chi connectivity index (χ1v) is 6.18. The molecule has 0 spiro atoms. The minimum Gasteiger partial charge on any atom is -0.396 e. The molecule has 0 saturated heterocycles. The summed E-state index contributed by atoms with van der Waals surface area (Å²) < 4.78 is 1.84. The Morgan fingerprint density at radius 2 is 1.20 bits per heavy atom. The predicted molar refractivity (Wildman–Crippen MR) is 58.9 cm³/mol. The van der Waals surface area contributed by atoms with Crippen LogP contribution in [0.5, 0.6) is 0 Å². The van der Waals surface area contributed by atoms with E-state index in [1.54, 1.807) is 0 Å². The van der Waals surface area contributed by atoms with Gasteiger partial charge >= 0.3 is 0 Å². The normalized spacial score (nSPS) is 16.8. The highest BCUT2D eigenvalue weighted by molar-refractivity contribution is 14.1. The van der Waals surface area contributed by atoms with Gasteiger partial charge in [-0.2, -0.15) is 0 Å². The second-order valence-corrected chi connectivity index (χ2v) is 3.96. The van der Waals surface area contributed by atoms with Crippen molar-refractivity contribution in [2.24, 2.45) is 11.8 Å². The van der Waals surface area contributed by atoms with Crippen molar-refractivity contribution in [2.45, 2.75) is 0 Å². The van der Waals surface area contributed by atoms with Crippen LogP contribution in [0.25, 0.3) is 0 Å². The lowest BCUT2D eigenvalue weighted by Crippen LogP contribution is -2.24. The zero-order valence-electron chi connectivity index (χ0n) is 5.63. The van der Waals surface area contributed by atoms with Crippen LogP contribution in [-0.2, 0) is 0 Å². The van der Waals surface area contributed by atoms with Crippen LogP contribution < -0.4 is 0 Å². The molecule has 62 valence electrons. The van der Waals surface area contributed by atoms with Crippen LogP contribution in [0.1, 0.15) is 0 Å². The van der Waals surface area contributed by atoms with Gasteiger partial charge < -0.3 is 10.2 Å². The summed E-state index contributed by atoms with van der Waals surface area (Å²) in [5, 5.41) is 17.7. The largest absolute Gasteiger partial charge is 0.396 e. The maximum Gasteiger partial charge on any atom is 0.0470 e. The molecule has 0 rings (SSSR count). The Morgan fingerprint density at radius 1 is 0.900 bits per heavy atom. The van der Waals surface area contributed by atoms with Gasteiger partial charge in [-0.3, -0.25) is 0 Å². The lowest BCUT2D eigenvalue weighted by Gasteiger charge is -2.18. The van der Waals surface area contributed by atoms with Crippen LogP contribution in [-0.4, -0.2) is 32.3 Å². The Kier molecular flexibility index (Phi) is 8.03. The van der Waals surface area contributed by atoms with Gasteiger partial charge in [0.25, 0.3) is 0 Å². The molecule has 2 nitrogen and oxygen atoms in total. The van der Waals surface area contributed by atoms with Crippen molar-refractivity contribution >= 4 is 45.2 Å². The Balaban J connectivity index is 3.70. The molecule has 0 aromatic rings. The molecule has 0 saturated carbocycles. The van der Waals surface area contributed by atoms with Crippen LogP contribution in [0.4, 0.5) is 0 Å². The molecule has 0 aliphatic carbocycles. The average Bonchev–Trinajstić information content (AvgIpc) is 2.00. The summed E-state index contributed by atoms with van der Waals surface area (Å²) in [6, 6.07) is 0. The first kappa shape index (κ1) is 11.4. The van der Waals surface area contributed by atoms with Gasteiger partial charge in [0.1, 0.15) is 0 Å². The fraction of sp³-hybridized carbons (Fsp3) is 1.00. The number of alkyl halides is 2. The summed E-state index contributed by atoms with van der Waals surface area (Å²) in [6.45, 7) is 0.383. The monoisotopic (exact) mass is 370 g/mol. The van der Waals surface area contributed by atoms with E-state index >= 15 is 0 Å². The van der Waals surface area contributed by atoms with Crippen LogP contribution in [0.15, 0.2) is 0 Å². The predicted octanol–water partition coefficient (Wildman–Crippen LogP) is 1.07. The molecule has 0 bridgehead atoms. The van der Waals surface area contributed by atoms with E-state index in [2.05, 4.69) is 45.2 Å². The van der Waals surface area contributed by atoms with E-state index < -0.39 is 0 Å². The number of halogens is 2. The molecular weight excluding hydrogens is 358 g/mol. The highest BCUT2D eigenvalue weighted by Gasteiger charge is 2.17. The van der Waals surface area contributed by atoms with Crippen molar-refractivity contribution in [1.82, 2.24) is 0 Å². The van der Waals surface area contributed by atoms with Crippen LogP contribution in [0, 0.1) is 11.8 Å². The van der Waals surface area contributed by atoms with Crippen molar-refractivity contribution < 1.29 is 10.2 Å². The van der Waals surface area contributed by atoms with Gasteiger partial charge in [0.2, 0.25) is 0 Å². The molecular formula is C6H12I2O2. The lowest BCUT2D eigenvalue weighted by molar-refractivity contribution is 0.149. The Morgan fingerprint density at radius 3 is 1.30 bits per heavy atom. The topological polar surface area (TPSA) is 40.5 Å². The fourth-order valence-electron chi connectivity index (χ4n) is 0.648. The quantitative estimate of drug-likeness (QED) is 0.562. The molecule has 0 amide bonds. The third kappa shape index (κ3) is 3.68. The zero-order valence-corrected chi connectivity index (χ0v) is 9.95. The molecule has 0 aliphatic rings. The summed E-state index contributed by atoms with van der Waals surface area (Å²) >= 11 is 4.47. The van der Waals surface area contributed by atoms with Gasteiger partial charge in [-0.05, 0) is 11.8 Å². The molecule has 0 aliphatic heterocycles. The number of hydrogen-bond acceptors (Lipinski definition) is 2. The molecule has 0 aromatic carbocycles. The van der Waals surface area contributed by atoms with Crippen molar-refractivity contribution in [3.63, 3.8) is 0 Å². The number of aliphatic hydroxyl groups excluding tert-OH is 2. The minimum absolute atomic E-state index is 0.192. The van der Waals surface area contributed by atoms with Crippen molar-refractivity contribution in [2.75, 3.05) is 22.1 Å². The number of rotatable bonds is 5. The molecule has 2 unspecified atom stereocenters. The van der Waals surface area contributed by atoms with E-state index in [-0.39, 0.29) is 25.0 Å². The smallest absolute Gasteiger partial charge is 0.0470 e. The van der Waals surface area contributed by atoms with E-state index in [0.717, 1.165) is 8.86 Å². The lowest BCUT2D eigenvalue weighted by atomic mass is 9.98. The van der Waals surface area contributed by atoms with Gasteiger partial charge in [0.05, 0.1) is 0 Å². The molecule has 0 aromatic heterocycles. The summed E-state index contributed by atoms with van der Waals surface area (Å²) in [5.74, 6) is 0.532. The minimum atomic E-state index is 0.192. The number of aliphatic hydroxyl groups is 2. The average molecular weight is 370 g/mol. The summed E-state index contributed by atoms with van der Waals surface area (Å²) in [7, 11) is 0. The maximum atomic E-state index is 8.84. The Hall–Kier alpha value is 1.38. The van der Waals surface area contributed by atoms with E-state index in [1.165, 1.54) is 0 Å². The van der Waals surface area contributed by atoms with Crippen LogP contribution in [0.2, 0.25) is 0 Å². The molecule has 10 heavy (non-hydrogen) atoms. The second-order valence-electron chi connectivity index (χ2n) is 2.19. The fourth-order valence-corrected chi connectivity index (χ4v) is 2.64. The SMILES string of the molecule is OCC(CI)C(CO)CI. The van der Waals surface area contributed by atoms with E-state index in [0.29, 0.717) is 0 Å². The zero-order chi connectivity index (χ0) is 7.98. The van der Waals surface area contributed by atoms with Gasteiger partial charge in [-0.15, -0.1) is 0 Å². The van der Waals surface area contributed by atoms with E-state index in [1.807, 2.05) is 0 Å². The first-order valence-electron chi connectivity index (χ1n) is 3.13. The van der Waals surface area contributed by atoms with Gasteiger partial charge in [0, 0.05) is 22.1 Å². The second kappa shape index (κ2) is 7.05. The van der Waals surface area contributed by atoms with Crippen LogP contribution in [0.3, 0.4) is 0 Å². The Labute approximate surface area is 88.7 Å².